The number of nitrogens with zero attached hydrogens (tertiary/aromatic N) is 1. The molecule has 0 spiro atoms. The summed E-state index contributed by atoms with van der Waals surface area (Å²) in [6.45, 7) is -0.0462. The standard InChI is InChI=1S/C15H15NO4S/c1-21(17,18)19-11-15(13-7-3-2-4-8-13)14(20-15)12-6-5-9-16-10-12/h2-10,14H,11H2,1H3/t14-,15-/m0/s1. The summed E-state index contributed by atoms with van der Waals surface area (Å²) in [5.41, 5.74) is 1.02. The number of hydrogen-bond acceptors (Lipinski definition) is 5. The largest absolute Gasteiger partial charge is 0.353 e. The molecule has 1 aromatic heterocycles. The van der Waals surface area contributed by atoms with Crippen molar-refractivity contribution in [2.24, 2.45) is 0 Å². The first-order chi connectivity index (χ1) is 10.0. The van der Waals surface area contributed by atoms with Gasteiger partial charge in [0.1, 0.15) is 18.3 Å². The van der Waals surface area contributed by atoms with Gasteiger partial charge in [0, 0.05) is 18.0 Å². The highest BCUT2D eigenvalue weighted by Crippen LogP contribution is 2.57. The minimum Gasteiger partial charge on any atom is -0.353 e. The average molecular weight is 305 g/mol. The molecule has 2 heterocycles. The van der Waals surface area contributed by atoms with E-state index in [1.807, 2.05) is 42.5 Å². The highest BCUT2D eigenvalue weighted by molar-refractivity contribution is 7.85. The maximum absolute atomic E-state index is 11.3. The molecule has 1 fully saturated rings. The van der Waals surface area contributed by atoms with Crippen molar-refractivity contribution in [1.82, 2.24) is 4.98 Å². The van der Waals surface area contributed by atoms with Crippen LogP contribution in [0.25, 0.3) is 0 Å². The lowest BCUT2D eigenvalue weighted by molar-refractivity contribution is 0.194. The van der Waals surface area contributed by atoms with Crippen LogP contribution in [-0.2, 0) is 24.6 Å². The third-order valence-corrected chi connectivity index (χ3v) is 3.98. The van der Waals surface area contributed by atoms with Gasteiger partial charge >= 0.3 is 0 Å². The van der Waals surface area contributed by atoms with Crippen molar-refractivity contribution >= 4 is 10.1 Å². The predicted molar refractivity (Wildman–Crippen MR) is 77.0 cm³/mol. The molecule has 0 aliphatic carbocycles. The van der Waals surface area contributed by atoms with Gasteiger partial charge in [0.05, 0.1) is 6.26 Å². The fourth-order valence-corrected chi connectivity index (χ4v) is 2.76. The second-order valence-corrected chi connectivity index (χ2v) is 6.65. The molecular formula is C15H15NO4S. The van der Waals surface area contributed by atoms with Crippen LogP contribution >= 0.6 is 0 Å². The number of rotatable bonds is 5. The topological polar surface area (TPSA) is 68.8 Å². The third kappa shape index (κ3) is 2.97. The molecule has 2 atom stereocenters. The molecule has 0 radical (unpaired) electrons. The molecule has 110 valence electrons. The van der Waals surface area contributed by atoms with Crippen molar-refractivity contribution < 1.29 is 17.3 Å². The van der Waals surface area contributed by atoms with Crippen LogP contribution in [0.15, 0.2) is 54.9 Å². The summed E-state index contributed by atoms with van der Waals surface area (Å²) in [7, 11) is -3.53. The van der Waals surface area contributed by atoms with Crippen molar-refractivity contribution in [2.75, 3.05) is 12.9 Å². The number of hydrogen-bond donors (Lipinski definition) is 0. The first-order valence-corrected chi connectivity index (χ1v) is 8.31. The van der Waals surface area contributed by atoms with Gasteiger partial charge in [0.2, 0.25) is 0 Å². The van der Waals surface area contributed by atoms with Crippen molar-refractivity contribution in [3.05, 3.63) is 66.0 Å². The monoisotopic (exact) mass is 305 g/mol. The Balaban J connectivity index is 1.91. The van der Waals surface area contributed by atoms with Gasteiger partial charge in [-0.25, -0.2) is 0 Å². The summed E-state index contributed by atoms with van der Waals surface area (Å²) in [5.74, 6) is 0. The Hall–Kier alpha value is -1.76. The number of pyridine rings is 1. The molecule has 21 heavy (non-hydrogen) atoms. The average Bonchev–Trinajstić information content (AvgIpc) is 3.23. The molecule has 0 saturated carbocycles. The Bertz CT molecular complexity index is 718. The minimum atomic E-state index is -3.53. The maximum atomic E-state index is 11.3. The molecule has 6 heteroatoms. The quantitative estimate of drug-likeness (QED) is 0.624. The van der Waals surface area contributed by atoms with E-state index in [1.54, 1.807) is 12.4 Å². The van der Waals surface area contributed by atoms with E-state index in [0.29, 0.717) is 0 Å². The van der Waals surface area contributed by atoms with Gasteiger partial charge in [-0.3, -0.25) is 9.17 Å². The Labute approximate surface area is 123 Å². The van der Waals surface area contributed by atoms with E-state index < -0.39 is 15.7 Å². The highest BCUT2D eigenvalue weighted by atomic mass is 32.2. The Morgan fingerprint density at radius 3 is 2.62 bits per heavy atom. The van der Waals surface area contributed by atoms with E-state index in [0.717, 1.165) is 17.4 Å². The lowest BCUT2D eigenvalue weighted by Gasteiger charge is -2.13. The van der Waals surface area contributed by atoms with Crippen LogP contribution < -0.4 is 0 Å². The van der Waals surface area contributed by atoms with Crippen LogP contribution in [0, 0.1) is 0 Å². The van der Waals surface area contributed by atoms with Crippen molar-refractivity contribution in [3.63, 3.8) is 0 Å². The lowest BCUT2D eigenvalue weighted by atomic mass is 9.93. The zero-order chi connectivity index (χ0) is 14.9. The lowest BCUT2D eigenvalue weighted by Crippen LogP contribution is -2.20. The summed E-state index contributed by atoms with van der Waals surface area (Å²) in [5, 5.41) is 0. The van der Waals surface area contributed by atoms with E-state index in [2.05, 4.69) is 4.98 Å². The normalized spacial score (nSPS) is 24.7. The predicted octanol–water partition coefficient (Wildman–Crippen LogP) is 2.02. The summed E-state index contributed by atoms with van der Waals surface area (Å²) in [6.07, 6.45) is 4.18. The Morgan fingerprint density at radius 2 is 2.00 bits per heavy atom. The van der Waals surface area contributed by atoms with Crippen molar-refractivity contribution in [1.29, 1.82) is 0 Å². The van der Waals surface area contributed by atoms with E-state index in [-0.39, 0.29) is 12.7 Å². The van der Waals surface area contributed by atoms with E-state index in [9.17, 15) is 8.42 Å². The van der Waals surface area contributed by atoms with E-state index >= 15 is 0 Å². The fraction of sp³-hybridized carbons (Fsp3) is 0.267. The van der Waals surface area contributed by atoms with Crippen molar-refractivity contribution in [3.8, 4) is 0 Å². The van der Waals surface area contributed by atoms with Gasteiger partial charge in [-0.15, -0.1) is 0 Å². The number of epoxide rings is 1. The van der Waals surface area contributed by atoms with Gasteiger partial charge < -0.3 is 4.74 Å². The van der Waals surface area contributed by atoms with Crippen LogP contribution in [-0.4, -0.2) is 26.3 Å². The van der Waals surface area contributed by atoms with Crippen LogP contribution in [0.2, 0.25) is 0 Å². The second kappa shape index (κ2) is 5.22. The molecular weight excluding hydrogens is 290 g/mol. The molecule has 3 rings (SSSR count). The molecule has 0 amide bonds. The molecule has 1 aliphatic heterocycles. The zero-order valence-corrected chi connectivity index (χ0v) is 12.3. The number of aromatic nitrogens is 1. The first-order valence-electron chi connectivity index (χ1n) is 6.49. The Morgan fingerprint density at radius 1 is 1.24 bits per heavy atom. The summed E-state index contributed by atoms with van der Waals surface area (Å²) < 4.78 is 33.4. The van der Waals surface area contributed by atoms with Gasteiger partial charge in [-0.05, 0) is 11.6 Å². The molecule has 1 aromatic carbocycles. The number of ether oxygens (including phenoxy) is 1. The highest BCUT2D eigenvalue weighted by Gasteiger charge is 2.59. The molecule has 0 bridgehead atoms. The van der Waals surface area contributed by atoms with Crippen LogP contribution in [0.5, 0.6) is 0 Å². The Kier molecular flexibility index (Phi) is 3.52. The first kappa shape index (κ1) is 14.2. The number of benzene rings is 1. The van der Waals surface area contributed by atoms with E-state index in [1.165, 1.54) is 0 Å². The van der Waals surface area contributed by atoms with Gasteiger partial charge in [-0.1, -0.05) is 36.4 Å². The van der Waals surface area contributed by atoms with Crippen LogP contribution in [0.4, 0.5) is 0 Å². The summed E-state index contributed by atoms with van der Waals surface area (Å²) >= 11 is 0. The fourth-order valence-electron chi connectivity index (χ4n) is 2.37. The van der Waals surface area contributed by atoms with Crippen LogP contribution in [0.1, 0.15) is 17.2 Å². The third-order valence-electron chi connectivity index (χ3n) is 3.43. The molecule has 1 aliphatic rings. The zero-order valence-electron chi connectivity index (χ0n) is 11.5. The van der Waals surface area contributed by atoms with Crippen LogP contribution in [0.3, 0.4) is 0 Å². The smallest absolute Gasteiger partial charge is 0.264 e. The molecule has 5 nitrogen and oxygen atoms in total. The van der Waals surface area contributed by atoms with Gasteiger partial charge in [0.15, 0.2) is 0 Å². The summed E-state index contributed by atoms with van der Waals surface area (Å²) in [6, 6.07) is 13.2. The maximum Gasteiger partial charge on any atom is 0.264 e. The second-order valence-electron chi connectivity index (χ2n) is 5.01. The summed E-state index contributed by atoms with van der Waals surface area (Å²) in [4.78, 5) is 4.07. The minimum absolute atomic E-state index is 0.0462. The molecule has 0 unspecified atom stereocenters. The molecule has 2 aromatic rings. The van der Waals surface area contributed by atoms with Gasteiger partial charge in [0.25, 0.3) is 10.1 Å². The van der Waals surface area contributed by atoms with Crippen molar-refractivity contribution in [2.45, 2.75) is 11.7 Å². The van der Waals surface area contributed by atoms with E-state index in [4.69, 9.17) is 8.92 Å². The molecule has 1 saturated heterocycles. The van der Waals surface area contributed by atoms with Gasteiger partial charge in [-0.2, -0.15) is 8.42 Å². The molecule has 0 N–H and O–H groups in total. The SMILES string of the molecule is CS(=O)(=O)OC[C@@]1(c2ccccc2)O[C@H]1c1cccnc1.